The summed E-state index contributed by atoms with van der Waals surface area (Å²) in [6.07, 6.45) is 3.02. The van der Waals surface area contributed by atoms with Crippen molar-refractivity contribution in [2.24, 2.45) is 7.05 Å². The Kier molecular flexibility index (Phi) is 3.82. The van der Waals surface area contributed by atoms with E-state index in [1.165, 1.54) is 22.1 Å². The van der Waals surface area contributed by atoms with E-state index < -0.39 is 4.92 Å². The highest BCUT2D eigenvalue weighted by atomic mass is 32.1. The Morgan fingerprint density at radius 3 is 2.91 bits per heavy atom. The van der Waals surface area contributed by atoms with Crippen LogP contribution in [0, 0.1) is 10.1 Å². The fourth-order valence-electron chi connectivity index (χ4n) is 1.86. The smallest absolute Gasteiger partial charge is 0.342 e. The molecule has 0 aliphatic carbocycles. The van der Waals surface area contributed by atoms with Crippen LogP contribution < -0.4 is 0 Å². The van der Waals surface area contributed by atoms with Gasteiger partial charge >= 0.3 is 5.82 Å². The van der Waals surface area contributed by atoms with Crippen molar-refractivity contribution in [3.05, 3.63) is 44.7 Å². The highest BCUT2D eigenvalue weighted by Gasteiger charge is 2.16. The monoisotopic (exact) mass is 333 g/mol. The van der Waals surface area contributed by atoms with Gasteiger partial charge in [-0.3, -0.25) is 0 Å². The van der Waals surface area contributed by atoms with Crippen LogP contribution in [0.15, 0.2) is 23.7 Å². The largest absolute Gasteiger partial charge is 0.358 e. The number of hydrogen-bond acceptors (Lipinski definition) is 7. The Hall–Kier alpha value is -2.39. The van der Waals surface area contributed by atoms with E-state index in [0.29, 0.717) is 5.82 Å². The normalized spacial score (nSPS) is 11.8. The highest BCUT2D eigenvalue weighted by molar-refractivity contribution is 7.21. The van der Waals surface area contributed by atoms with Crippen molar-refractivity contribution in [1.29, 1.82) is 0 Å². The molecule has 0 aliphatic rings. The summed E-state index contributed by atoms with van der Waals surface area (Å²) in [5, 5.41) is 22.8. The lowest BCUT2D eigenvalue weighted by atomic mass is 10.3. The summed E-state index contributed by atoms with van der Waals surface area (Å²) in [5.41, 5.74) is 0.865. The molecule has 3 heterocycles. The van der Waals surface area contributed by atoms with Gasteiger partial charge in [0, 0.05) is 6.08 Å². The van der Waals surface area contributed by atoms with Gasteiger partial charge in [-0.2, -0.15) is 0 Å². The molecule has 3 aromatic heterocycles. The Bertz CT molecular complexity index is 848. The predicted octanol–water partition coefficient (Wildman–Crippen LogP) is 3.47. The molecule has 3 rings (SSSR count). The van der Waals surface area contributed by atoms with Crippen molar-refractivity contribution < 1.29 is 4.92 Å². The molecule has 0 amide bonds. The second-order valence-corrected chi connectivity index (χ2v) is 6.43. The Morgan fingerprint density at radius 1 is 1.45 bits per heavy atom. The lowest BCUT2D eigenvalue weighted by Gasteiger charge is -1.96. The summed E-state index contributed by atoms with van der Waals surface area (Å²) < 4.78 is 1.44. The van der Waals surface area contributed by atoms with E-state index >= 15 is 0 Å². The molecule has 0 spiro atoms. The van der Waals surface area contributed by atoms with Gasteiger partial charge in [0.25, 0.3) is 0 Å². The van der Waals surface area contributed by atoms with Crippen LogP contribution in [0.5, 0.6) is 0 Å². The van der Waals surface area contributed by atoms with Crippen LogP contribution in [0.2, 0.25) is 0 Å². The molecule has 0 atom stereocenters. The number of nitro groups is 1. The molecule has 3 aromatic rings. The zero-order valence-corrected chi connectivity index (χ0v) is 13.4. The van der Waals surface area contributed by atoms with Crippen LogP contribution in [0.1, 0.15) is 17.8 Å². The third kappa shape index (κ3) is 2.68. The van der Waals surface area contributed by atoms with Gasteiger partial charge in [0.05, 0.1) is 11.9 Å². The van der Waals surface area contributed by atoms with Gasteiger partial charge in [-0.15, -0.1) is 21.5 Å². The summed E-state index contributed by atoms with van der Waals surface area (Å²) in [5.74, 6) is 0.465. The van der Waals surface area contributed by atoms with Crippen LogP contribution in [-0.4, -0.2) is 24.7 Å². The Balaban J connectivity index is 1.91. The third-order valence-electron chi connectivity index (χ3n) is 3.03. The SMILES string of the molecule is CC(=Cc1ncc([N+](=O)[O-])n1C)c1nnc(-c2cccs2)s1. The third-order valence-corrected chi connectivity index (χ3v) is 5.12. The lowest BCUT2D eigenvalue weighted by Crippen LogP contribution is -1.98. The second kappa shape index (κ2) is 5.78. The molecule has 9 heteroatoms. The molecule has 0 radical (unpaired) electrons. The molecule has 0 saturated carbocycles. The fraction of sp³-hybridized carbons (Fsp3) is 0.154. The van der Waals surface area contributed by atoms with Gasteiger partial charge in [-0.1, -0.05) is 17.4 Å². The molecule has 0 fully saturated rings. The van der Waals surface area contributed by atoms with Crippen LogP contribution in [0.3, 0.4) is 0 Å². The van der Waals surface area contributed by atoms with Gasteiger partial charge in [-0.25, -0.2) is 9.55 Å². The molecule has 0 saturated heterocycles. The van der Waals surface area contributed by atoms with Crippen molar-refractivity contribution in [2.45, 2.75) is 6.92 Å². The van der Waals surface area contributed by atoms with E-state index in [1.54, 1.807) is 24.5 Å². The van der Waals surface area contributed by atoms with Gasteiger partial charge in [0.2, 0.25) is 5.82 Å². The molecule has 0 bridgehead atoms. The van der Waals surface area contributed by atoms with Gasteiger partial charge in [0.15, 0.2) is 5.01 Å². The number of imidazole rings is 1. The maximum Gasteiger partial charge on any atom is 0.342 e. The van der Waals surface area contributed by atoms with Crippen LogP contribution in [-0.2, 0) is 7.05 Å². The zero-order chi connectivity index (χ0) is 15.7. The maximum absolute atomic E-state index is 10.8. The van der Waals surface area contributed by atoms with Crippen molar-refractivity contribution in [3.8, 4) is 9.88 Å². The minimum absolute atomic E-state index is 0.0458. The lowest BCUT2D eigenvalue weighted by molar-refractivity contribution is -0.391. The number of allylic oxidation sites excluding steroid dienone is 1. The summed E-state index contributed by atoms with van der Waals surface area (Å²) in [6, 6.07) is 3.97. The average molecular weight is 333 g/mol. The van der Waals surface area contributed by atoms with Crippen LogP contribution >= 0.6 is 22.7 Å². The van der Waals surface area contributed by atoms with Crippen LogP contribution in [0.4, 0.5) is 5.82 Å². The number of nitrogens with zero attached hydrogens (tertiary/aromatic N) is 5. The first-order valence-corrected chi connectivity index (χ1v) is 7.98. The molecule has 0 aliphatic heterocycles. The maximum atomic E-state index is 10.8. The molecular weight excluding hydrogens is 322 g/mol. The van der Waals surface area contributed by atoms with Gasteiger partial charge in [0.1, 0.15) is 11.2 Å². The van der Waals surface area contributed by atoms with Gasteiger partial charge < -0.3 is 10.1 Å². The molecule has 0 N–H and O–H groups in total. The number of thiophene rings is 1. The van der Waals surface area contributed by atoms with E-state index in [0.717, 1.165) is 20.5 Å². The van der Waals surface area contributed by atoms with Gasteiger partial charge in [-0.05, 0) is 28.9 Å². The molecule has 7 nitrogen and oxygen atoms in total. The van der Waals surface area contributed by atoms with E-state index in [2.05, 4.69) is 15.2 Å². The van der Waals surface area contributed by atoms with E-state index in [4.69, 9.17) is 0 Å². The predicted molar refractivity (Wildman–Crippen MR) is 86.6 cm³/mol. The molecule has 22 heavy (non-hydrogen) atoms. The van der Waals surface area contributed by atoms with Crippen molar-refractivity contribution in [2.75, 3.05) is 0 Å². The topological polar surface area (TPSA) is 86.7 Å². The number of rotatable bonds is 4. The van der Waals surface area contributed by atoms with Crippen molar-refractivity contribution in [1.82, 2.24) is 19.7 Å². The minimum atomic E-state index is -0.459. The fourth-order valence-corrected chi connectivity index (χ4v) is 3.46. The molecule has 0 unspecified atom stereocenters. The zero-order valence-electron chi connectivity index (χ0n) is 11.8. The van der Waals surface area contributed by atoms with Crippen molar-refractivity contribution >= 4 is 40.1 Å². The Labute approximate surface area is 133 Å². The summed E-state index contributed by atoms with van der Waals surface area (Å²) in [7, 11) is 1.61. The van der Waals surface area contributed by atoms with E-state index in [1.807, 2.05) is 24.4 Å². The first-order valence-electron chi connectivity index (χ1n) is 6.28. The standard InChI is InChI=1S/C13H11N5O2S2/c1-8(6-10-14-7-11(17(10)2)18(19)20)12-15-16-13(22-12)9-4-3-5-21-9/h3-7H,1-2H3. The first-order chi connectivity index (χ1) is 10.6. The van der Waals surface area contributed by atoms with Crippen LogP contribution in [0.25, 0.3) is 21.5 Å². The molecule has 0 aromatic carbocycles. The first kappa shape index (κ1) is 14.5. The quantitative estimate of drug-likeness (QED) is 0.539. The average Bonchev–Trinajstić information content (AvgIpc) is 3.18. The number of aromatic nitrogens is 4. The summed E-state index contributed by atoms with van der Waals surface area (Å²) in [4.78, 5) is 15.5. The highest BCUT2D eigenvalue weighted by Crippen LogP contribution is 2.30. The molecular formula is C13H11N5O2S2. The Morgan fingerprint density at radius 2 is 2.27 bits per heavy atom. The second-order valence-electron chi connectivity index (χ2n) is 4.51. The minimum Gasteiger partial charge on any atom is -0.358 e. The van der Waals surface area contributed by atoms with Crippen molar-refractivity contribution in [3.63, 3.8) is 0 Å². The summed E-state index contributed by atoms with van der Waals surface area (Å²) in [6.45, 7) is 1.89. The number of hydrogen-bond donors (Lipinski definition) is 0. The molecule has 112 valence electrons. The summed E-state index contributed by atoms with van der Waals surface area (Å²) >= 11 is 3.10. The van der Waals surface area contributed by atoms with E-state index in [-0.39, 0.29) is 5.82 Å². The van der Waals surface area contributed by atoms with E-state index in [9.17, 15) is 10.1 Å².